The van der Waals surface area contributed by atoms with Crippen LogP contribution in [0.1, 0.15) is 32.3 Å². The summed E-state index contributed by atoms with van der Waals surface area (Å²) in [4.78, 5) is 7.92. The van der Waals surface area contributed by atoms with Crippen molar-refractivity contribution >= 4 is 27.5 Å². The molecule has 0 aliphatic heterocycles. The first-order valence-electron chi connectivity index (χ1n) is 12.7. The molecule has 3 heterocycles. The minimum Gasteiger partial charge on any atom is -0.359 e. The van der Waals surface area contributed by atoms with Crippen LogP contribution in [0.3, 0.4) is 0 Å². The van der Waals surface area contributed by atoms with Crippen molar-refractivity contribution in [3.63, 3.8) is 0 Å². The SMILES string of the molecule is C=C/C(=C\C(=C/C)c1ccc2[nH]nc(-c3cc4c(-c5cccc(F)c5)ccnc4[nH]3)c2c1)NC(=C)CCC. The van der Waals surface area contributed by atoms with Crippen molar-refractivity contribution in [2.75, 3.05) is 0 Å². The Morgan fingerprint density at radius 3 is 2.74 bits per heavy atom. The molecular formula is C32H30FN5. The Morgan fingerprint density at radius 1 is 1.11 bits per heavy atom. The van der Waals surface area contributed by atoms with Gasteiger partial charge in [0.1, 0.15) is 17.2 Å². The monoisotopic (exact) mass is 503 g/mol. The average Bonchev–Trinajstić information content (AvgIpc) is 3.54. The average molecular weight is 504 g/mol. The third-order valence-corrected chi connectivity index (χ3v) is 6.53. The molecule has 0 radical (unpaired) electrons. The standard InChI is InChI=1S/C32H30FN5/c1-5-9-20(4)35-25(7-3)17-21(6-2)22-12-13-29-28(18-22)31(38-37-29)30-19-27-26(14-15-34-32(27)36-30)23-10-8-11-24(33)16-23/h6-8,10-19,35H,3-5,9H2,1-2H3,(H,34,36)(H,37,38)/b21-6+,25-17+. The lowest BCUT2D eigenvalue weighted by Crippen LogP contribution is -2.10. The number of nitrogens with one attached hydrogen (secondary N) is 3. The highest BCUT2D eigenvalue weighted by molar-refractivity contribution is 6.00. The van der Waals surface area contributed by atoms with E-state index in [1.165, 1.54) is 12.1 Å². The van der Waals surface area contributed by atoms with E-state index in [1.54, 1.807) is 18.3 Å². The van der Waals surface area contributed by atoms with E-state index < -0.39 is 0 Å². The summed E-state index contributed by atoms with van der Waals surface area (Å²) in [7, 11) is 0. The molecule has 0 bridgehead atoms. The number of hydrogen-bond donors (Lipinski definition) is 3. The molecule has 2 aromatic carbocycles. The Kier molecular flexibility index (Phi) is 7.05. The molecule has 3 N–H and O–H groups in total. The van der Waals surface area contributed by atoms with Gasteiger partial charge in [-0.05, 0) is 84.2 Å². The van der Waals surface area contributed by atoms with Gasteiger partial charge in [0, 0.05) is 28.4 Å². The minimum absolute atomic E-state index is 0.271. The second kappa shape index (κ2) is 10.7. The molecule has 5 aromatic rings. The molecule has 5 nitrogen and oxygen atoms in total. The number of aromatic amines is 2. The van der Waals surface area contributed by atoms with Gasteiger partial charge in [0.15, 0.2) is 0 Å². The largest absolute Gasteiger partial charge is 0.359 e. The molecule has 38 heavy (non-hydrogen) atoms. The molecule has 0 atom stereocenters. The van der Waals surface area contributed by atoms with Crippen molar-refractivity contribution in [3.05, 3.63) is 115 Å². The fourth-order valence-corrected chi connectivity index (χ4v) is 4.68. The van der Waals surface area contributed by atoms with Crippen molar-refractivity contribution in [2.24, 2.45) is 0 Å². The zero-order chi connectivity index (χ0) is 26.6. The van der Waals surface area contributed by atoms with E-state index in [9.17, 15) is 4.39 Å². The molecule has 0 fully saturated rings. The van der Waals surface area contributed by atoms with Gasteiger partial charge in [-0.1, -0.05) is 50.8 Å². The quantitative estimate of drug-likeness (QED) is 0.177. The maximum absolute atomic E-state index is 13.9. The van der Waals surface area contributed by atoms with Crippen LogP contribution < -0.4 is 5.32 Å². The second-order valence-electron chi connectivity index (χ2n) is 9.17. The van der Waals surface area contributed by atoms with E-state index in [0.29, 0.717) is 0 Å². The van der Waals surface area contributed by atoms with E-state index in [2.05, 4.69) is 69.8 Å². The van der Waals surface area contributed by atoms with Crippen molar-refractivity contribution in [3.8, 4) is 22.5 Å². The molecule has 0 amide bonds. The number of fused-ring (bicyclic) bond motifs is 2. The van der Waals surface area contributed by atoms with Crippen molar-refractivity contribution < 1.29 is 4.39 Å². The number of aromatic nitrogens is 4. The summed E-state index contributed by atoms with van der Waals surface area (Å²) in [5.74, 6) is -0.271. The summed E-state index contributed by atoms with van der Waals surface area (Å²) in [6.45, 7) is 12.2. The van der Waals surface area contributed by atoms with Gasteiger partial charge in [0.25, 0.3) is 0 Å². The van der Waals surface area contributed by atoms with Crippen LogP contribution in [0.25, 0.3) is 50.0 Å². The minimum atomic E-state index is -0.271. The van der Waals surface area contributed by atoms with Gasteiger partial charge in [-0.3, -0.25) is 5.10 Å². The Morgan fingerprint density at radius 2 is 1.97 bits per heavy atom. The van der Waals surface area contributed by atoms with Crippen molar-refractivity contribution in [1.29, 1.82) is 0 Å². The number of hydrogen-bond acceptors (Lipinski definition) is 3. The highest BCUT2D eigenvalue weighted by atomic mass is 19.1. The van der Waals surface area contributed by atoms with E-state index in [-0.39, 0.29) is 5.82 Å². The van der Waals surface area contributed by atoms with E-state index >= 15 is 0 Å². The van der Waals surface area contributed by atoms with Crippen LogP contribution in [0.5, 0.6) is 0 Å². The predicted octanol–water partition coefficient (Wildman–Crippen LogP) is 8.29. The number of H-pyrrole nitrogens is 2. The predicted molar refractivity (Wildman–Crippen MR) is 156 cm³/mol. The normalized spacial score (nSPS) is 12.3. The van der Waals surface area contributed by atoms with Gasteiger partial charge >= 0.3 is 0 Å². The van der Waals surface area contributed by atoms with Gasteiger partial charge in [-0.2, -0.15) is 5.10 Å². The summed E-state index contributed by atoms with van der Waals surface area (Å²) in [5.41, 5.74) is 8.96. The van der Waals surface area contributed by atoms with Crippen LogP contribution in [0.2, 0.25) is 0 Å². The maximum atomic E-state index is 13.9. The molecular weight excluding hydrogens is 473 g/mol. The summed E-state index contributed by atoms with van der Waals surface area (Å²) in [6.07, 6.45) is 9.62. The van der Waals surface area contributed by atoms with Crippen LogP contribution in [0.15, 0.2) is 104 Å². The van der Waals surface area contributed by atoms with Crippen molar-refractivity contribution in [1.82, 2.24) is 25.5 Å². The summed E-state index contributed by atoms with van der Waals surface area (Å²) in [5, 5.41) is 13.0. The molecule has 0 spiro atoms. The lowest BCUT2D eigenvalue weighted by Gasteiger charge is -2.11. The first-order valence-corrected chi connectivity index (χ1v) is 12.7. The molecule has 3 aromatic heterocycles. The first-order chi connectivity index (χ1) is 18.5. The fourth-order valence-electron chi connectivity index (χ4n) is 4.68. The molecule has 0 aliphatic rings. The molecule has 5 rings (SSSR count). The van der Waals surface area contributed by atoms with E-state index in [1.807, 2.05) is 31.2 Å². The van der Waals surface area contributed by atoms with Gasteiger partial charge in [0.05, 0.1) is 11.2 Å². The van der Waals surface area contributed by atoms with E-state index in [0.717, 1.165) is 79.8 Å². The highest BCUT2D eigenvalue weighted by Gasteiger charge is 2.15. The number of allylic oxidation sites excluding steroid dienone is 5. The number of benzene rings is 2. The Bertz CT molecular complexity index is 1720. The van der Waals surface area contributed by atoms with Gasteiger partial charge < -0.3 is 10.3 Å². The number of nitrogens with zero attached hydrogens (tertiary/aromatic N) is 2. The lowest BCUT2D eigenvalue weighted by atomic mass is 10.0. The Labute approximate surface area is 221 Å². The smallest absolute Gasteiger partial charge is 0.138 e. The fraction of sp³-hybridized carbons (Fsp3) is 0.125. The molecule has 0 saturated carbocycles. The lowest BCUT2D eigenvalue weighted by molar-refractivity contribution is 0.628. The number of pyridine rings is 1. The van der Waals surface area contributed by atoms with Crippen LogP contribution in [0.4, 0.5) is 4.39 Å². The number of rotatable bonds is 9. The summed E-state index contributed by atoms with van der Waals surface area (Å²) < 4.78 is 13.9. The summed E-state index contributed by atoms with van der Waals surface area (Å²) in [6, 6.07) is 16.8. The van der Waals surface area contributed by atoms with Gasteiger partial charge in [0.2, 0.25) is 0 Å². The molecule has 6 heteroatoms. The number of halogens is 1. The van der Waals surface area contributed by atoms with Crippen molar-refractivity contribution in [2.45, 2.75) is 26.7 Å². The van der Waals surface area contributed by atoms with Crippen LogP contribution in [0, 0.1) is 5.82 Å². The molecule has 0 saturated heterocycles. The Hall–Kier alpha value is -4.71. The second-order valence-corrected chi connectivity index (χ2v) is 9.17. The maximum Gasteiger partial charge on any atom is 0.138 e. The Balaban J connectivity index is 1.55. The highest BCUT2D eigenvalue weighted by Crippen LogP contribution is 2.34. The van der Waals surface area contributed by atoms with E-state index in [4.69, 9.17) is 0 Å². The van der Waals surface area contributed by atoms with Crippen LogP contribution in [-0.2, 0) is 0 Å². The molecule has 0 aliphatic carbocycles. The zero-order valence-corrected chi connectivity index (χ0v) is 21.6. The van der Waals surface area contributed by atoms with Gasteiger partial charge in [-0.15, -0.1) is 0 Å². The van der Waals surface area contributed by atoms with Crippen LogP contribution in [-0.4, -0.2) is 20.2 Å². The molecule has 190 valence electrons. The first kappa shape index (κ1) is 25.0. The third kappa shape index (κ3) is 4.93. The summed E-state index contributed by atoms with van der Waals surface area (Å²) >= 11 is 0. The topological polar surface area (TPSA) is 69.4 Å². The van der Waals surface area contributed by atoms with Crippen LogP contribution >= 0.6 is 0 Å². The zero-order valence-electron chi connectivity index (χ0n) is 21.6. The third-order valence-electron chi connectivity index (χ3n) is 6.53. The van der Waals surface area contributed by atoms with Gasteiger partial charge in [-0.25, -0.2) is 9.37 Å². The molecule has 0 unspecified atom stereocenters.